The number of hydrogen-bond donors (Lipinski definition) is 3. The summed E-state index contributed by atoms with van der Waals surface area (Å²) in [5, 5.41) is 13.9. The normalized spacial score (nSPS) is 13.5. The SMILES string of the molecule is CC(C)(C)OC(=O)Nc1nc(C(F)(F)CO)c(CC(Cc2ccc(C(F)(F)F)cc2)NC(=O)OC(C)(C)C)s1. The second kappa shape index (κ2) is 12.0. The Morgan fingerprint density at radius 1 is 0.923 bits per heavy atom. The van der Waals surface area contributed by atoms with Crippen molar-refractivity contribution in [2.75, 3.05) is 11.9 Å². The average molecular weight is 582 g/mol. The van der Waals surface area contributed by atoms with Gasteiger partial charge in [-0.2, -0.15) is 22.0 Å². The van der Waals surface area contributed by atoms with E-state index in [1.54, 1.807) is 41.5 Å². The zero-order valence-electron chi connectivity index (χ0n) is 22.3. The standard InChI is InChI=1S/C25H32F5N3O5S/c1-22(2,3)37-20(35)31-16(11-14-7-9-15(10-8-14)25(28,29)30)12-17-18(24(26,27)13-34)32-19(39-17)33-21(36)38-23(4,5)6/h7-10,16,34H,11-13H2,1-6H3,(H,31,35)(H,32,33,36). The van der Waals surface area contributed by atoms with E-state index in [-0.39, 0.29) is 22.9 Å². The van der Waals surface area contributed by atoms with E-state index < -0.39 is 59.4 Å². The van der Waals surface area contributed by atoms with E-state index in [1.807, 2.05) is 0 Å². The van der Waals surface area contributed by atoms with Gasteiger partial charge in [0, 0.05) is 17.3 Å². The third-order valence-electron chi connectivity index (χ3n) is 4.77. The van der Waals surface area contributed by atoms with Crippen LogP contribution in [-0.2, 0) is 34.4 Å². The van der Waals surface area contributed by atoms with Gasteiger partial charge in [0.15, 0.2) is 5.13 Å². The lowest BCUT2D eigenvalue weighted by Gasteiger charge is -2.24. The van der Waals surface area contributed by atoms with Crippen molar-refractivity contribution >= 4 is 28.7 Å². The highest BCUT2D eigenvalue weighted by Gasteiger charge is 2.38. The van der Waals surface area contributed by atoms with Crippen LogP contribution in [-0.4, -0.2) is 46.1 Å². The number of nitrogens with one attached hydrogen (secondary N) is 2. The minimum atomic E-state index is -4.54. The minimum absolute atomic E-state index is 0.0474. The maximum absolute atomic E-state index is 14.6. The van der Waals surface area contributed by atoms with E-state index in [0.717, 1.165) is 12.1 Å². The van der Waals surface area contributed by atoms with Gasteiger partial charge in [-0.1, -0.05) is 12.1 Å². The Hall–Kier alpha value is -3.00. The van der Waals surface area contributed by atoms with Gasteiger partial charge in [-0.15, -0.1) is 11.3 Å². The van der Waals surface area contributed by atoms with Gasteiger partial charge in [0.25, 0.3) is 0 Å². The van der Waals surface area contributed by atoms with Crippen LogP contribution in [0.3, 0.4) is 0 Å². The van der Waals surface area contributed by atoms with Crippen LogP contribution in [0.15, 0.2) is 24.3 Å². The maximum atomic E-state index is 14.6. The molecule has 0 bridgehead atoms. The molecule has 0 saturated carbocycles. The van der Waals surface area contributed by atoms with E-state index >= 15 is 0 Å². The van der Waals surface area contributed by atoms with Crippen LogP contribution in [0.2, 0.25) is 0 Å². The number of benzene rings is 1. The Kier molecular flexibility index (Phi) is 9.93. The highest BCUT2D eigenvalue weighted by atomic mass is 32.1. The van der Waals surface area contributed by atoms with E-state index in [2.05, 4.69) is 15.6 Å². The van der Waals surface area contributed by atoms with E-state index in [9.17, 15) is 36.6 Å². The number of nitrogens with zero attached hydrogens (tertiary/aromatic N) is 1. The monoisotopic (exact) mass is 581 g/mol. The lowest BCUT2D eigenvalue weighted by Crippen LogP contribution is -2.41. The average Bonchev–Trinajstić information content (AvgIpc) is 3.13. The lowest BCUT2D eigenvalue weighted by molar-refractivity contribution is -0.137. The molecule has 8 nitrogen and oxygen atoms in total. The van der Waals surface area contributed by atoms with Crippen molar-refractivity contribution < 1.29 is 46.1 Å². The van der Waals surface area contributed by atoms with Crippen molar-refractivity contribution in [2.24, 2.45) is 0 Å². The summed E-state index contributed by atoms with van der Waals surface area (Å²) in [5.74, 6) is -3.79. The lowest BCUT2D eigenvalue weighted by atomic mass is 10.00. The van der Waals surface area contributed by atoms with Gasteiger partial charge in [-0.05, 0) is 65.7 Å². The smallest absolute Gasteiger partial charge is 0.416 e. The highest BCUT2D eigenvalue weighted by Crippen LogP contribution is 2.36. The largest absolute Gasteiger partial charge is 0.444 e. The molecule has 2 rings (SSSR count). The third-order valence-corrected chi connectivity index (χ3v) is 5.76. The summed E-state index contributed by atoms with van der Waals surface area (Å²) in [6.07, 6.45) is -6.66. The molecule has 1 aromatic carbocycles. The van der Waals surface area contributed by atoms with Gasteiger partial charge >= 0.3 is 24.3 Å². The zero-order valence-corrected chi connectivity index (χ0v) is 23.2. The number of alkyl halides is 5. The van der Waals surface area contributed by atoms with Crippen molar-refractivity contribution in [1.29, 1.82) is 0 Å². The van der Waals surface area contributed by atoms with Crippen molar-refractivity contribution in [1.82, 2.24) is 10.3 Å². The first-order chi connectivity index (χ1) is 17.7. The predicted molar refractivity (Wildman–Crippen MR) is 135 cm³/mol. The van der Waals surface area contributed by atoms with Crippen LogP contribution in [0.25, 0.3) is 0 Å². The van der Waals surface area contributed by atoms with Gasteiger partial charge in [0.2, 0.25) is 0 Å². The molecule has 0 aliphatic rings. The molecule has 39 heavy (non-hydrogen) atoms. The van der Waals surface area contributed by atoms with Crippen molar-refractivity contribution in [3.8, 4) is 0 Å². The summed E-state index contributed by atoms with van der Waals surface area (Å²) in [6.45, 7) is 8.12. The zero-order chi connectivity index (χ0) is 29.8. The first-order valence-electron chi connectivity index (χ1n) is 11.8. The number of hydrogen-bond acceptors (Lipinski definition) is 7. The molecule has 0 aliphatic carbocycles. The topological polar surface area (TPSA) is 110 Å². The molecule has 0 fully saturated rings. The third kappa shape index (κ3) is 10.6. The number of rotatable bonds is 8. The first-order valence-corrected chi connectivity index (χ1v) is 12.6. The molecule has 1 unspecified atom stereocenters. The second-order valence-corrected chi connectivity index (χ2v) is 11.8. The van der Waals surface area contributed by atoms with Crippen LogP contribution >= 0.6 is 11.3 Å². The number of alkyl carbamates (subject to hydrolysis) is 1. The molecule has 1 heterocycles. The number of ether oxygens (including phenoxy) is 2. The molecule has 3 N–H and O–H groups in total. The molecule has 1 atom stereocenters. The number of amides is 2. The molecule has 218 valence electrons. The molecular formula is C25H32F5N3O5S. The maximum Gasteiger partial charge on any atom is 0.416 e. The Labute approximate surface area is 226 Å². The number of aromatic nitrogens is 1. The van der Waals surface area contributed by atoms with Crippen LogP contribution in [0.1, 0.15) is 63.2 Å². The number of halogens is 5. The summed E-state index contributed by atoms with van der Waals surface area (Å²) in [6, 6.07) is 3.26. The van der Waals surface area contributed by atoms with E-state index in [0.29, 0.717) is 16.9 Å². The van der Waals surface area contributed by atoms with Gasteiger partial charge in [0.1, 0.15) is 23.5 Å². The molecule has 2 amide bonds. The van der Waals surface area contributed by atoms with E-state index in [1.165, 1.54) is 12.1 Å². The Morgan fingerprint density at radius 3 is 1.95 bits per heavy atom. The first kappa shape index (κ1) is 32.2. The van der Waals surface area contributed by atoms with Gasteiger partial charge in [-0.3, -0.25) is 5.32 Å². The number of thiazole rings is 1. The molecule has 1 aromatic heterocycles. The minimum Gasteiger partial charge on any atom is -0.444 e. The molecule has 0 saturated heterocycles. The van der Waals surface area contributed by atoms with Crippen molar-refractivity contribution in [3.63, 3.8) is 0 Å². The van der Waals surface area contributed by atoms with Crippen LogP contribution < -0.4 is 10.6 Å². The van der Waals surface area contributed by atoms with Crippen LogP contribution in [0.4, 0.5) is 36.7 Å². The quantitative estimate of drug-likeness (QED) is 0.317. The van der Waals surface area contributed by atoms with Gasteiger partial charge < -0.3 is 19.9 Å². The summed E-state index contributed by atoms with van der Waals surface area (Å²) in [4.78, 5) is 28.4. The van der Waals surface area contributed by atoms with Gasteiger partial charge in [0.05, 0.1) is 5.56 Å². The van der Waals surface area contributed by atoms with Crippen molar-refractivity contribution in [2.45, 2.75) is 83.7 Å². The molecular weight excluding hydrogens is 549 g/mol. The predicted octanol–water partition coefficient (Wildman–Crippen LogP) is 6.27. The Morgan fingerprint density at radius 2 is 1.46 bits per heavy atom. The Bertz CT molecular complexity index is 1140. The summed E-state index contributed by atoms with van der Waals surface area (Å²) in [5.41, 5.74) is -3.05. The fourth-order valence-corrected chi connectivity index (χ4v) is 4.36. The summed E-state index contributed by atoms with van der Waals surface area (Å²) >= 11 is 0.686. The number of aliphatic hydroxyl groups is 1. The van der Waals surface area contributed by atoms with Gasteiger partial charge in [-0.25, -0.2) is 14.6 Å². The second-order valence-electron chi connectivity index (χ2n) is 10.7. The van der Waals surface area contributed by atoms with Crippen LogP contribution in [0.5, 0.6) is 0 Å². The molecule has 0 radical (unpaired) electrons. The van der Waals surface area contributed by atoms with Crippen molar-refractivity contribution in [3.05, 3.63) is 46.0 Å². The number of aliphatic hydroxyl groups excluding tert-OH is 1. The molecule has 0 aliphatic heterocycles. The van der Waals surface area contributed by atoms with Crippen LogP contribution in [0, 0.1) is 0 Å². The Balaban J connectivity index is 2.40. The summed E-state index contributed by atoms with van der Waals surface area (Å²) < 4.78 is 78.5. The molecule has 0 spiro atoms. The highest BCUT2D eigenvalue weighted by molar-refractivity contribution is 7.15. The molecule has 14 heteroatoms. The number of carbonyl (C=O) groups excluding carboxylic acids is 2. The number of anilines is 1. The molecule has 2 aromatic rings. The summed E-state index contributed by atoms with van der Waals surface area (Å²) in [7, 11) is 0. The fourth-order valence-electron chi connectivity index (χ4n) is 3.28. The van der Waals surface area contributed by atoms with E-state index in [4.69, 9.17) is 9.47 Å². The number of carbonyl (C=O) groups is 2. The fraction of sp³-hybridized carbons (Fsp3) is 0.560.